The molecule has 0 unspecified atom stereocenters. The van der Waals surface area contributed by atoms with Crippen LogP contribution >= 0.6 is 31.9 Å². The Balaban J connectivity index is 2.19. The van der Waals surface area contributed by atoms with Crippen LogP contribution in [0.3, 0.4) is 0 Å². The van der Waals surface area contributed by atoms with Crippen molar-refractivity contribution in [2.75, 3.05) is 5.32 Å². The fourth-order valence-corrected chi connectivity index (χ4v) is 4.16. The van der Waals surface area contributed by atoms with E-state index in [2.05, 4.69) is 41.9 Å². The van der Waals surface area contributed by atoms with Gasteiger partial charge in [0, 0.05) is 20.0 Å². The number of rotatable bonds is 4. The van der Waals surface area contributed by atoms with E-state index in [0.717, 1.165) is 8.95 Å². The van der Waals surface area contributed by atoms with Crippen molar-refractivity contribution in [3.05, 3.63) is 57.0 Å². The monoisotopic (exact) mass is 488 g/mol. The molecule has 2 aromatic rings. The Morgan fingerprint density at radius 3 is 2.16 bits per heavy atom. The highest BCUT2D eigenvalue weighted by molar-refractivity contribution is 9.11. The Kier molecular flexibility index (Phi) is 6.09. The van der Waals surface area contributed by atoms with Crippen molar-refractivity contribution in [3.8, 4) is 0 Å². The molecule has 25 heavy (non-hydrogen) atoms. The second kappa shape index (κ2) is 7.57. The summed E-state index contributed by atoms with van der Waals surface area (Å²) in [6.07, 6.45) is 0. The number of hydrogen-bond donors (Lipinski definition) is 2. The Morgan fingerprint density at radius 1 is 1.00 bits per heavy atom. The third-order valence-corrected chi connectivity index (χ3v) is 6.00. The lowest BCUT2D eigenvalue weighted by Gasteiger charge is -2.20. The maximum atomic E-state index is 12.4. The van der Waals surface area contributed by atoms with Crippen LogP contribution < -0.4 is 10.0 Å². The maximum absolute atomic E-state index is 12.4. The van der Waals surface area contributed by atoms with Gasteiger partial charge in [-0.2, -0.15) is 0 Å². The number of halogens is 2. The van der Waals surface area contributed by atoms with Gasteiger partial charge in [-0.05, 0) is 79.2 Å². The first-order valence-corrected chi connectivity index (χ1v) is 10.5. The zero-order valence-electron chi connectivity index (χ0n) is 13.9. The minimum Gasteiger partial charge on any atom is -0.321 e. The Labute approximate surface area is 164 Å². The summed E-state index contributed by atoms with van der Waals surface area (Å²) >= 11 is 6.73. The molecule has 0 spiro atoms. The normalized spacial score (nSPS) is 12.0. The van der Waals surface area contributed by atoms with Crippen LogP contribution in [0.2, 0.25) is 0 Å². The third kappa shape index (κ3) is 5.64. The van der Waals surface area contributed by atoms with E-state index in [1.54, 1.807) is 26.8 Å². The lowest BCUT2D eigenvalue weighted by molar-refractivity contribution is 0.102. The van der Waals surface area contributed by atoms with Gasteiger partial charge in [0.1, 0.15) is 0 Å². The topological polar surface area (TPSA) is 75.3 Å². The fourth-order valence-electron chi connectivity index (χ4n) is 2.04. The number of hydrogen-bond acceptors (Lipinski definition) is 3. The summed E-state index contributed by atoms with van der Waals surface area (Å²) in [6.45, 7) is 5.30. The quantitative estimate of drug-likeness (QED) is 0.661. The maximum Gasteiger partial charge on any atom is 0.255 e. The highest BCUT2D eigenvalue weighted by Crippen LogP contribution is 2.26. The highest BCUT2D eigenvalue weighted by atomic mass is 79.9. The molecule has 0 aliphatic carbocycles. The number of carbonyl (C=O) groups excluding carboxylic acids is 1. The van der Waals surface area contributed by atoms with E-state index in [1.807, 2.05) is 12.1 Å². The SMILES string of the molecule is CC(C)(C)NS(=O)(=O)c1ccc(C(=O)Nc2cc(Br)ccc2Br)cc1. The van der Waals surface area contributed by atoms with Gasteiger partial charge in [-0.25, -0.2) is 13.1 Å². The zero-order valence-corrected chi connectivity index (χ0v) is 17.9. The summed E-state index contributed by atoms with van der Waals surface area (Å²) in [4.78, 5) is 12.5. The minimum absolute atomic E-state index is 0.114. The molecule has 0 atom stereocenters. The average Bonchev–Trinajstić information content (AvgIpc) is 2.48. The Hall–Kier alpha value is -1.22. The average molecular weight is 490 g/mol. The van der Waals surface area contributed by atoms with E-state index in [9.17, 15) is 13.2 Å². The summed E-state index contributed by atoms with van der Waals surface area (Å²) < 4.78 is 28.7. The van der Waals surface area contributed by atoms with E-state index < -0.39 is 15.6 Å². The summed E-state index contributed by atoms with van der Waals surface area (Å²) in [5.41, 5.74) is 0.397. The van der Waals surface area contributed by atoms with Gasteiger partial charge in [-0.3, -0.25) is 4.79 Å². The molecule has 2 N–H and O–H groups in total. The van der Waals surface area contributed by atoms with Gasteiger partial charge in [0.05, 0.1) is 10.6 Å². The van der Waals surface area contributed by atoms with Gasteiger partial charge in [0.25, 0.3) is 5.91 Å². The molecule has 0 saturated heterocycles. The summed E-state index contributed by atoms with van der Waals surface area (Å²) in [7, 11) is -3.63. The number of benzene rings is 2. The number of nitrogens with one attached hydrogen (secondary N) is 2. The summed E-state index contributed by atoms with van der Waals surface area (Å²) in [6, 6.07) is 11.2. The Bertz CT molecular complexity index is 889. The van der Waals surface area contributed by atoms with Crippen molar-refractivity contribution >= 4 is 53.5 Å². The van der Waals surface area contributed by atoms with Crippen LogP contribution in [0.5, 0.6) is 0 Å². The summed E-state index contributed by atoms with van der Waals surface area (Å²) in [5, 5.41) is 2.78. The molecule has 0 heterocycles. The number of amides is 1. The predicted molar refractivity (Wildman–Crippen MR) is 106 cm³/mol. The van der Waals surface area contributed by atoms with Gasteiger partial charge in [-0.15, -0.1) is 0 Å². The van der Waals surface area contributed by atoms with E-state index >= 15 is 0 Å². The molecular weight excluding hydrogens is 472 g/mol. The lowest BCUT2D eigenvalue weighted by atomic mass is 10.1. The molecule has 8 heteroatoms. The van der Waals surface area contributed by atoms with Crippen LogP contribution in [-0.2, 0) is 10.0 Å². The second-order valence-corrected chi connectivity index (χ2v) is 9.91. The lowest BCUT2D eigenvalue weighted by Crippen LogP contribution is -2.40. The van der Waals surface area contributed by atoms with Crippen molar-refractivity contribution in [1.82, 2.24) is 4.72 Å². The standard InChI is InChI=1S/C17H18Br2N2O3S/c1-17(2,3)21-25(23,24)13-7-4-11(5-8-13)16(22)20-15-10-12(18)6-9-14(15)19/h4-10,21H,1-3H3,(H,20,22). The van der Waals surface area contributed by atoms with Crippen LogP contribution in [0.1, 0.15) is 31.1 Å². The molecule has 0 fully saturated rings. The number of sulfonamides is 1. The van der Waals surface area contributed by atoms with E-state index in [1.165, 1.54) is 24.3 Å². The fraction of sp³-hybridized carbons (Fsp3) is 0.235. The number of anilines is 1. The largest absolute Gasteiger partial charge is 0.321 e. The minimum atomic E-state index is -3.63. The van der Waals surface area contributed by atoms with Crippen LogP contribution in [0, 0.1) is 0 Å². The second-order valence-electron chi connectivity index (χ2n) is 6.46. The first kappa shape index (κ1) is 20.1. The summed E-state index contributed by atoms with van der Waals surface area (Å²) in [5.74, 6) is -0.327. The molecule has 0 saturated carbocycles. The molecule has 0 aliphatic heterocycles. The van der Waals surface area contributed by atoms with E-state index in [4.69, 9.17) is 0 Å². The molecular formula is C17H18Br2N2O3S. The molecule has 0 aliphatic rings. The molecule has 2 aromatic carbocycles. The van der Waals surface area contributed by atoms with Crippen LogP contribution in [-0.4, -0.2) is 19.9 Å². The molecule has 2 rings (SSSR count). The molecule has 1 amide bonds. The number of carbonyl (C=O) groups is 1. The van der Waals surface area contributed by atoms with Crippen LogP contribution in [0.25, 0.3) is 0 Å². The third-order valence-electron chi connectivity index (χ3n) is 3.04. The van der Waals surface area contributed by atoms with Gasteiger partial charge < -0.3 is 5.32 Å². The van der Waals surface area contributed by atoms with Gasteiger partial charge >= 0.3 is 0 Å². The van der Waals surface area contributed by atoms with Crippen molar-refractivity contribution in [1.29, 1.82) is 0 Å². The van der Waals surface area contributed by atoms with Gasteiger partial charge in [0.15, 0.2) is 0 Å². The van der Waals surface area contributed by atoms with Crippen LogP contribution in [0.15, 0.2) is 56.3 Å². The van der Waals surface area contributed by atoms with Crippen molar-refractivity contribution in [3.63, 3.8) is 0 Å². The first-order valence-electron chi connectivity index (χ1n) is 7.38. The van der Waals surface area contributed by atoms with Crippen LogP contribution in [0.4, 0.5) is 5.69 Å². The molecule has 0 radical (unpaired) electrons. The molecule has 134 valence electrons. The van der Waals surface area contributed by atoms with E-state index in [0.29, 0.717) is 11.3 Å². The van der Waals surface area contributed by atoms with Crippen molar-refractivity contribution < 1.29 is 13.2 Å². The van der Waals surface area contributed by atoms with E-state index in [-0.39, 0.29) is 10.8 Å². The van der Waals surface area contributed by atoms with Gasteiger partial charge in [-0.1, -0.05) is 15.9 Å². The van der Waals surface area contributed by atoms with Crippen molar-refractivity contribution in [2.24, 2.45) is 0 Å². The molecule has 0 bridgehead atoms. The highest BCUT2D eigenvalue weighted by Gasteiger charge is 2.22. The first-order chi connectivity index (χ1) is 11.5. The Morgan fingerprint density at radius 2 is 1.60 bits per heavy atom. The van der Waals surface area contributed by atoms with Crippen molar-refractivity contribution in [2.45, 2.75) is 31.2 Å². The smallest absolute Gasteiger partial charge is 0.255 e. The van der Waals surface area contributed by atoms with Gasteiger partial charge in [0.2, 0.25) is 10.0 Å². The molecule has 5 nitrogen and oxygen atoms in total. The predicted octanol–water partition coefficient (Wildman–Crippen LogP) is 4.54. The zero-order chi connectivity index (χ0) is 18.8. The molecule has 0 aromatic heterocycles.